The van der Waals surface area contributed by atoms with Crippen molar-refractivity contribution >= 4 is 11.9 Å². The minimum Gasteiger partial charge on any atom is -0.467 e. The summed E-state index contributed by atoms with van der Waals surface area (Å²) in [5.74, 6) is -0.311. The van der Waals surface area contributed by atoms with Crippen molar-refractivity contribution in [1.82, 2.24) is 10.6 Å². The van der Waals surface area contributed by atoms with Crippen molar-refractivity contribution in [1.29, 1.82) is 0 Å². The Kier molecular flexibility index (Phi) is 7.46. The van der Waals surface area contributed by atoms with Crippen LogP contribution < -0.4 is 10.6 Å². The SMILES string of the molecule is COC(=O)[C@H](CC(C)C)NC(=O)CNCc1ccccc1. The quantitative estimate of drug-likeness (QED) is 0.712. The number of methoxy groups -OCH3 is 1. The molecule has 21 heavy (non-hydrogen) atoms. The standard InChI is InChI=1S/C16H24N2O3/c1-12(2)9-14(16(20)21-3)18-15(19)11-17-10-13-7-5-4-6-8-13/h4-8,12,14,17H,9-11H2,1-3H3,(H,18,19)/t14-/m0/s1. The number of benzene rings is 1. The van der Waals surface area contributed by atoms with E-state index in [-0.39, 0.29) is 12.5 Å². The van der Waals surface area contributed by atoms with Crippen LogP contribution in [0.3, 0.4) is 0 Å². The smallest absolute Gasteiger partial charge is 0.328 e. The highest BCUT2D eigenvalue weighted by molar-refractivity contribution is 5.85. The average Bonchev–Trinajstić information content (AvgIpc) is 2.46. The average molecular weight is 292 g/mol. The van der Waals surface area contributed by atoms with Crippen molar-refractivity contribution in [2.24, 2.45) is 5.92 Å². The van der Waals surface area contributed by atoms with E-state index in [0.717, 1.165) is 5.56 Å². The van der Waals surface area contributed by atoms with Crippen LogP contribution in [-0.4, -0.2) is 31.6 Å². The van der Waals surface area contributed by atoms with E-state index < -0.39 is 12.0 Å². The molecule has 116 valence electrons. The Morgan fingerprint density at radius 2 is 1.86 bits per heavy atom. The van der Waals surface area contributed by atoms with Gasteiger partial charge in [0, 0.05) is 6.54 Å². The highest BCUT2D eigenvalue weighted by Gasteiger charge is 2.22. The molecule has 0 saturated heterocycles. The van der Waals surface area contributed by atoms with Crippen molar-refractivity contribution in [3.8, 4) is 0 Å². The Bertz CT molecular complexity index is 446. The van der Waals surface area contributed by atoms with Gasteiger partial charge in [0.2, 0.25) is 5.91 Å². The molecule has 0 aromatic heterocycles. The molecule has 5 heteroatoms. The third kappa shape index (κ3) is 6.90. The van der Waals surface area contributed by atoms with Gasteiger partial charge in [-0.1, -0.05) is 44.2 Å². The van der Waals surface area contributed by atoms with Crippen molar-refractivity contribution < 1.29 is 14.3 Å². The van der Waals surface area contributed by atoms with Crippen LogP contribution in [0.5, 0.6) is 0 Å². The lowest BCUT2D eigenvalue weighted by molar-refractivity contribution is -0.145. The van der Waals surface area contributed by atoms with Crippen LogP contribution in [0, 0.1) is 5.92 Å². The highest BCUT2D eigenvalue weighted by Crippen LogP contribution is 2.06. The van der Waals surface area contributed by atoms with E-state index >= 15 is 0 Å². The van der Waals surface area contributed by atoms with Gasteiger partial charge in [-0.15, -0.1) is 0 Å². The van der Waals surface area contributed by atoms with E-state index in [1.54, 1.807) is 0 Å². The second-order valence-electron chi connectivity index (χ2n) is 5.36. The van der Waals surface area contributed by atoms with Gasteiger partial charge in [-0.25, -0.2) is 4.79 Å². The number of ether oxygens (including phenoxy) is 1. The second kappa shape index (κ2) is 9.13. The van der Waals surface area contributed by atoms with E-state index in [4.69, 9.17) is 4.74 Å². The Labute approximate surface area is 126 Å². The molecule has 1 aromatic carbocycles. The number of nitrogens with one attached hydrogen (secondary N) is 2. The molecule has 0 bridgehead atoms. The molecule has 0 radical (unpaired) electrons. The first-order valence-corrected chi connectivity index (χ1v) is 7.14. The lowest BCUT2D eigenvalue weighted by Crippen LogP contribution is -2.45. The number of rotatable bonds is 8. The van der Waals surface area contributed by atoms with Gasteiger partial charge in [-0.3, -0.25) is 4.79 Å². The molecular weight excluding hydrogens is 268 g/mol. The molecule has 0 unspecified atom stereocenters. The molecule has 0 fully saturated rings. The molecule has 1 rings (SSSR count). The summed E-state index contributed by atoms with van der Waals surface area (Å²) in [4.78, 5) is 23.5. The Hall–Kier alpha value is -1.88. The minimum atomic E-state index is -0.582. The monoisotopic (exact) mass is 292 g/mol. The maximum Gasteiger partial charge on any atom is 0.328 e. The fraction of sp³-hybridized carbons (Fsp3) is 0.500. The first kappa shape index (κ1) is 17.2. The van der Waals surface area contributed by atoms with Gasteiger partial charge >= 0.3 is 5.97 Å². The lowest BCUT2D eigenvalue weighted by atomic mass is 10.0. The number of amides is 1. The highest BCUT2D eigenvalue weighted by atomic mass is 16.5. The van der Waals surface area contributed by atoms with Gasteiger partial charge in [0.15, 0.2) is 0 Å². The van der Waals surface area contributed by atoms with Crippen LogP contribution in [0.25, 0.3) is 0 Å². The van der Waals surface area contributed by atoms with Crippen LogP contribution in [0.2, 0.25) is 0 Å². The Morgan fingerprint density at radius 1 is 1.19 bits per heavy atom. The first-order chi connectivity index (χ1) is 10.0. The first-order valence-electron chi connectivity index (χ1n) is 7.14. The number of carbonyl (C=O) groups is 2. The fourth-order valence-electron chi connectivity index (χ4n) is 1.99. The molecular formula is C16H24N2O3. The zero-order valence-electron chi connectivity index (χ0n) is 12.9. The Balaban J connectivity index is 2.37. The second-order valence-corrected chi connectivity index (χ2v) is 5.36. The van der Waals surface area contributed by atoms with Gasteiger partial charge in [0.05, 0.1) is 13.7 Å². The predicted molar refractivity (Wildman–Crippen MR) is 81.6 cm³/mol. The van der Waals surface area contributed by atoms with Gasteiger partial charge in [-0.05, 0) is 17.9 Å². The number of carbonyl (C=O) groups excluding carboxylic acids is 2. The minimum absolute atomic E-state index is 0.167. The number of hydrogen-bond donors (Lipinski definition) is 2. The molecule has 5 nitrogen and oxygen atoms in total. The summed E-state index contributed by atoms with van der Waals surface area (Å²) < 4.78 is 4.71. The summed E-state index contributed by atoms with van der Waals surface area (Å²) in [7, 11) is 1.33. The van der Waals surface area contributed by atoms with Gasteiger partial charge in [0.25, 0.3) is 0 Å². The van der Waals surface area contributed by atoms with Crippen LogP contribution >= 0.6 is 0 Å². The maximum absolute atomic E-state index is 11.9. The third-order valence-corrected chi connectivity index (χ3v) is 2.99. The zero-order chi connectivity index (χ0) is 15.7. The number of esters is 1. The van der Waals surface area contributed by atoms with E-state index in [2.05, 4.69) is 10.6 Å². The normalized spacial score (nSPS) is 12.0. The predicted octanol–water partition coefficient (Wildman–Crippen LogP) is 1.48. The van der Waals surface area contributed by atoms with Gasteiger partial charge < -0.3 is 15.4 Å². The molecule has 0 aliphatic carbocycles. The molecule has 0 aliphatic heterocycles. The van der Waals surface area contributed by atoms with Gasteiger partial charge in [0.1, 0.15) is 6.04 Å². The topological polar surface area (TPSA) is 67.4 Å². The maximum atomic E-state index is 11.9. The molecule has 1 amide bonds. The fourth-order valence-corrected chi connectivity index (χ4v) is 1.99. The molecule has 1 aromatic rings. The largest absolute Gasteiger partial charge is 0.467 e. The summed E-state index contributed by atoms with van der Waals surface area (Å²) in [5, 5.41) is 5.76. The van der Waals surface area contributed by atoms with E-state index in [9.17, 15) is 9.59 Å². The molecule has 0 heterocycles. The zero-order valence-corrected chi connectivity index (χ0v) is 12.9. The van der Waals surface area contributed by atoms with E-state index in [0.29, 0.717) is 18.9 Å². The Morgan fingerprint density at radius 3 is 2.43 bits per heavy atom. The summed E-state index contributed by atoms with van der Waals surface area (Å²) in [6.45, 7) is 4.77. The molecule has 0 aliphatic rings. The summed E-state index contributed by atoms with van der Waals surface area (Å²) in [6.07, 6.45) is 0.567. The molecule has 0 saturated carbocycles. The summed E-state index contributed by atoms with van der Waals surface area (Å²) in [6, 6.07) is 9.24. The molecule has 1 atom stereocenters. The van der Waals surface area contributed by atoms with Gasteiger partial charge in [-0.2, -0.15) is 0 Å². The van der Waals surface area contributed by atoms with Crippen LogP contribution in [0.1, 0.15) is 25.8 Å². The molecule has 0 spiro atoms. The van der Waals surface area contributed by atoms with E-state index in [1.807, 2.05) is 44.2 Å². The summed E-state index contributed by atoms with van der Waals surface area (Å²) >= 11 is 0. The lowest BCUT2D eigenvalue weighted by Gasteiger charge is -2.18. The summed E-state index contributed by atoms with van der Waals surface area (Å²) in [5.41, 5.74) is 1.11. The number of hydrogen-bond acceptors (Lipinski definition) is 4. The van der Waals surface area contributed by atoms with E-state index in [1.165, 1.54) is 7.11 Å². The van der Waals surface area contributed by atoms with Crippen LogP contribution in [0.15, 0.2) is 30.3 Å². The third-order valence-electron chi connectivity index (χ3n) is 2.99. The van der Waals surface area contributed by atoms with Crippen LogP contribution in [-0.2, 0) is 20.9 Å². The van der Waals surface area contributed by atoms with Crippen LogP contribution in [0.4, 0.5) is 0 Å². The molecule has 2 N–H and O–H groups in total. The van der Waals surface area contributed by atoms with Crippen molar-refractivity contribution in [2.45, 2.75) is 32.9 Å². The van der Waals surface area contributed by atoms with Crippen molar-refractivity contribution in [3.63, 3.8) is 0 Å². The van der Waals surface area contributed by atoms with Crippen molar-refractivity contribution in [3.05, 3.63) is 35.9 Å². The van der Waals surface area contributed by atoms with Crippen molar-refractivity contribution in [2.75, 3.05) is 13.7 Å².